The molecule has 252 valence electrons. The second-order valence-corrected chi connectivity index (χ2v) is 12.5. The SMILES string of the molecule is CCCN(CCNC)c1ccc(C(=O)N=C(N)C2=C(NC(=O)OCC)CN(S(=O)(=O)c3cccc(F)c3)C2)cc1N(C)CCOC. The zero-order valence-electron chi connectivity index (χ0n) is 27.0. The summed E-state index contributed by atoms with van der Waals surface area (Å²) in [5, 5.41) is 5.69. The van der Waals surface area contributed by atoms with Gasteiger partial charge in [0, 0.05) is 63.7 Å². The topological polar surface area (TPSA) is 159 Å². The van der Waals surface area contributed by atoms with E-state index in [1.165, 1.54) is 12.1 Å². The number of methoxy groups -OCH3 is 1. The van der Waals surface area contributed by atoms with Crippen LogP contribution in [0.2, 0.25) is 0 Å². The summed E-state index contributed by atoms with van der Waals surface area (Å²) in [6, 6.07) is 9.87. The lowest BCUT2D eigenvalue weighted by Crippen LogP contribution is -2.33. The predicted octanol–water partition coefficient (Wildman–Crippen LogP) is 2.55. The number of hydrogen-bond donors (Lipinski definition) is 3. The molecular weight excluding hydrogens is 617 g/mol. The Kier molecular flexibility index (Phi) is 13.5. The number of aliphatic imine (C=N–C) groups is 1. The van der Waals surface area contributed by atoms with Crippen molar-refractivity contribution in [3.8, 4) is 0 Å². The first-order valence-electron chi connectivity index (χ1n) is 15.0. The van der Waals surface area contributed by atoms with Crippen LogP contribution in [0.4, 0.5) is 20.6 Å². The summed E-state index contributed by atoms with van der Waals surface area (Å²) in [7, 11) is 1.23. The minimum absolute atomic E-state index is 0.0730. The van der Waals surface area contributed by atoms with Gasteiger partial charge in [-0.15, -0.1) is 0 Å². The van der Waals surface area contributed by atoms with Gasteiger partial charge in [0.2, 0.25) is 10.0 Å². The molecule has 1 heterocycles. The highest BCUT2D eigenvalue weighted by Gasteiger charge is 2.35. The number of nitrogens with two attached hydrogens (primary N) is 1. The number of halogens is 1. The highest BCUT2D eigenvalue weighted by Crippen LogP contribution is 2.31. The molecule has 0 fully saturated rings. The van der Waals surface area contributed by atoms with Gasteiger partial charge in [0.15, 0.2) is 0 Å². The van der Waals surface area contributed by atoms with Crippen LogP contribution < -0.4 is 26.2 Å². The van der Waals surface area contributed by atoms with E-state index >= 15 is 0 Å². The van der Waals surface area contributed by atoms with E-state index in [2.05, 4.69) is 27.4 Å². The normalized spacial score (nSPS) is 14.0. The molecule has 0 radical (unpaired) electrons. The summed E-state index contributed by atoms with van der Waals surface area (Å²) in [6.45, 7) is 6.56. The standard InChI is InChI=1S/C31H44FN7O6S/c1-6-14-38(15-13-34-3)27-12-11-22(18-28(27)37(4)16-17-44-5)30(40)36-29(33)25-20-39(21-26(25)35-31(41)45-7-2)46(42,43)24-10-8-9-23(32)19-24/h8-12,18-19,34H,6-7,13-17,20-21H2,1-5H3,(H,35,41)(H2,33,36,40). The monoisotopic (exact) mass is 661 g/mol. The van der Waals surface area contributed by atoms with Crippen molar-refractivity contribution in [2.45, 2.75) is 25.2 Å². The number of benzene rings is 2. The number of nitrogens with one attached hydrogen (secondary N) is 2. The molecular formula is C31H44FN7O6S. The van der Waals surface area contributed by atoms with Crippen molar-refractivity contribution in [1.29, 1.82) is 0 Å². The lowest BCUT2D eigenvalue weighted by molar-refractivity contribution is 0.100. The second kappa shape index (κ2) is 17.0. The second-order valence-electron chi connectivity index (χ2n) is 10.5. The van der Waals surface area contributed by atoms with Crippen molar-refractivity contribution in [2.75, 3.05) is 83.5 Å². The van der Waals surface area contributed by atoms with Crippen LogP contribution in [-0.4, -0.2) is 104 Å². The molecule has 0 bridgehead atoms. The van der Waals surface area contributed by atoms with Gasteiger partial charge in [-0.25, -0.2) is 17.6 Å². The Labute approximate surface area is 270 Å². The number of amidine groups is 1. The molecule has 0 aromatic heterocycles. The van der Waals surface area contributed by atoms with E-state index in [9.17, 15) is 22.4 Å². The summed E-state index contributed by atoms with van der Waals surface area (Å²) < 4.78 is 51.8. The summed E-state index contributed by atoms with van der Waals surface area (Å²) in [6.07, 6.45) is 0.101. The van der Waals surface area contributed by atoms with Gasteiger partial charge >= 0.3 is 6.09 Å². The van der Waals surface area contributed by atoms with E-state index in [4.69, 9.17) is 15.2 Å². The van der Waals surface area contributed by atoms with Gasteiger partial charge in [0.1, 0.15) is 11.7 Å². The van der Waals surface area contributed by atoms with Crippen LogP contribution in [0.5, 0.6) is 0 Å². The zero-order valence-corrected chi connectivity index (χ0v) is 27.8. The lowest BCUT2D eigenvalue weighted by Gasteiger charge is -2.31. The molecule has 13 nitrogen and oxygen atoms in total. The van der Waals surface area contributed by atoms with E-state index in [1.54, 1.807) is 26.2 Å². The molecule has 2 aromatic rings. The number of carbonyl (C=O) groups excluding carboxylic acids is 2. The number of sulfonamides is 1. The Morgan fingerprint density at radius 2 is 1.85 bits per heavy atom. The number of amides is 2. The predicted molar refractivity (Wildman–Crippen MR) is 176 cm³/mol. The summed E-state index contributed by atoms with van der Waals surface area (Å²) in [4.78, 5) is 33.9. The molecule has 2 amide bonds. The molecule has 1 aliphatic rings. The Morgan fingerprint density at radius 3 is 2.50 bits per heavy atom. The molecule has 0 aliphatic carbocycles. The Bertz CT molecular complexity index is 1550. The lowest BCUT2D eigenvalue weighted by atomic mass is 10.1. The van der Waals surface area contributed by atoms with Crippen molar-refractivity contribution in [2.24, 2.45) is 10.7 Å². The molecule has 0 saturated heterocycles. The van der Waals surface area contributed by atoms with Crippen molar-refractivity contribution in [1.82, 2.24) is 14.9 Å². The van der Waals surface area contributed by atoms with Gasteiger partial charge in [-0.1, -0.05) is 13.0 Å². The third-order valence-corrected chi connectivity index (χ3v) is 9.04. The highest BCUT2D eigenvalue weighted by molar-refractivity contribution is 7.89. The maximum absolute atomic E-state index is 13.9. The third kappa shape index (κ3) is 9.25. The van der Waals surface area contributed by atoms with Gasteiger partial charge in [0.05, 0.1) is 36.0 Å². The van der Waals surface area contributed by atoms with Gasteiger partial charge < -0.3 is 30.3 Å². The first-order chi connectivity index (χ1) is 22.0. The van der Waals surface area contributed by atoms with E-state index < -0.39 is 27.8 Å². The quantitative estimate of drug-likeness (QED) is 0.180. The van der Waals surface area contributed by atoms with Crippen molar-refractivity contribution < 1.29 is 31.9 Å². The third-order valence-electron chi connectivity index (χ3n) is 7.26. The highest BCUT2D eigenvalue weighted by atomic mass is 32.2. The van der Waals surface area contributed by atoms with Crippen LogP contribution in [0.15, 0.2) is 63.6 Å². The Morgan fingerprint density at radius 1 is 1.09 bits per heavy atom. The van der Waals surface area contributed by atoms with Crippen LogP contribution >= 0.6 is 0 Å². The Hall–Kier alpha value is -4.05. The largest absolute Gasteiger partial charge is 0.450 e. The number of carbonyl (C=O) groups is 2. The summed E-state index contributed by atoms with van der Waals surface area (Å²) in [5.41, 5.74) is 8.55. The fraction of sp³-hybridized carbons (Fsp3) is 0.452. The molecule has 0 saturated carbocycles. The van der Waals surface area contributed by atoms with E-state index in [0.29, 0.717) is 13.2 Å². The molecule has 15 heteroatoms. The van der Waals surface area contributed by atoms with Crippen molar-refractivity contribution in [3.63, 3.8) is 0 Å². The fourth-order valence-corrected chi connectivity index (χ4v) is 6.28. The fourth-order valence-electron chi connectivity index (χ4n) is 4.88. The molecule has 0 spiro atoms. The number of alkyl carbamates (subject to hydrolysis) is 1. The van der Waals surface area contributed by atoms with Crippen LogP contribution in [0.1, 0.15) is 30.6 Å². The Balaban J connectivity index is 1.99. The number of nitrogens with zero attached hydrogens (tertiary/aromatic N) is 4. The van der Waals surface area contributed by atoms with E-state index in [0.717, 1.165) is 53.9 Å². The van der Waals surface area contributed by atoms with Gasteiger partial charge in [-0.2, -0.15) is 9.30 Å². The molecule has 0 atom stereocenters. The number of likely N-dealkylation sites (N-methyl/N-ethyl adjacent to an activating group) is 2. The molecule has 0 unspecified atom stereocenters. The van der Waals surface area contributed by atoms with Gasteiger partial charge in [-0.05, 0) is 56.8 Å². The van der Waals surface area contributed by atoms with Crippen LogP contribution in [-0.2, 0) is 19.5 Å². The maximum Gasteiger partial charge on any atom is 0.411 e. The number of rotatable bonds is 16. The van der Waals surface area contributed by atoms with Crippen LogP contribution in [0.3, 0.4) is 0 Å². The molecule has 3 rings (SSSR count). The van der Waals surface area contributed by atoms with Gasteiger partial charge in [0.25, 0.3) is 5.91 Å². The van der Waals surface area contributed by atoms with Crippen LogP contribution in [0, 0.1) is 5.82 Å². The number of hydrogen-bond acceptors (Lipinski definition) is 9. The molecule has 2 aromatic carbocycles. The first-order valence-corrected chi connectivity index (χ1v) is 16.4. The number of anilines is 2. The van der Waals surface area contributed by atoms with E-state index in [-0.39, 0.29) is 47.3 Å². The first kappa shape index (κ1) is 36.4. The average molecular weight is 662 g/mol. The smallest absolute Gasteiger partial charge is 0.411 e. The van der Waals surface area contributed by atoms with Gasteiger partial charge in [-0.3, -0.25) is 10.1 Å². The minimum Gasteiger partial charge on any atom is -0.450 e. The summed E-state index contributed by atoms with van der Waals surface area (Å²) >= 11 is 0. The summed E-state index contributed by atoms with van der Waals surface area (Å²) in [5.74, 6) is -1.64. The molecule has 46 heavy (non-hydrogen) atoms. The maximum atomic E-state index is 13.9. The van der Waals surface area contributed by atoms with Crippen molar-refractivity contribution >= 4 is 39.2 Å². The number of ether oxygens (including phenoxy) is 2. The average Bonchev–Trinajstić information content (AvgIpc) is 3.46. The van der Waals surface area contributed by atoms with Crippen LogP contribution in [0.25, 0.3) is 0 Å². The molecule has 1 aliphatic heterocycles. The zero-order chi connectivity index (χ0) is 33.9. The minimum atomic E-state index is -4.20. The van der Waals surface area contributed by atoms with Crippen molar-refractivity contribution in [3.05, 3.63) is 65.1 Å². The molecule has 4 N–H and O–H groups in total. The van der Waals surface area contributed by atoms with E-state index in [1.807, 2.05) is 25.1 Å².